The Hall–Kier alpha value is -3.80. The van der Waals surface area contributed by atoms with E-state index in [4.69, 9.17) is 0 Å². The molecule has 2 aliphatic heterocycles. The summed E-state index contributed by atoms with van der Waals surface area (Å²) in [6, 6.07) is 10.2. The molecule has 0 aliphatic carbocycles. The molecule has 12 heteroatoms. The van der Waals surface area contributed by atoms with Crippen LogP contribution in [0, 0.1) is 5.82 Å². The van der Waals surface area contributed by atoms with Crippen molar-refractivity contribution in [3.8, 4) is 0 Å². The Balaban J connectivity index is 1.39. The van der Waals surface area contributed by atoms with Crippen LogP contribution in [0.3, 0.4) is 0 Å². The number of amides is 2. The first-order valence-corrected chi connectivity index (χ1v) is 10.9. The molecule has 2 aliphatic rings. The first-order valence-electron chi connectivity index (χ1n) is 10.9. The van der Waals surface area contributed by atoms with Crippen LogP contribution in [-0.4, -0.2) is 38.0 Å². The lowest BCUT2D eigenvalue weighted by atomic mass is 9.93. The molecule has 2 N–H and O–H groups in total. The predicted molar refractivity (Wildman–Crippen MR) is 114 cm³/mol. The number of alkyl halides is 3. The van der Waals surface area contributed by atoms with Gasteiger partial charge in [0.05, 0.1) is 24.2 Å². The molecule has 3 aromatic rings. The average Bonchev–Trinajstić information content (AvgIpc) is 3.27. The fraction of sp³-hybridized carbons (Fsp3) is 0.304. The molecule has 5 rings (SSSR count). The van der Waals surface area contributed by atoms with Crippen molar-refractivity contribution in [2.24, 2.45) is 0 Å². The summed E-state index contributed by atoms with van der Waals surface area (Å²) in [4.78, 5) is 26.5. The molecule has 0 radical (unpaired) electrons. The van der Waals surface area contributed by atoms with Crippen molar-refractivity contribution in [3.05, 3.63) is 82.2 Å². The number of hydrogen-bond acceptors (Lipinski definition) is 5. The maximum Gasteiger partial charge on any atom is 0.451 e. The minimum atomic E-state index is -4.67. The second kappa shape index (κ2) is 8.45. The first-order chi connectivity index (χ1) is 16.6. The van der Waals surface area contributed by atoms with E-state index in [-0.39, 0.29) is 36.4 Å². The molecular weight excluding hydrogens is 468 g/mol. The number of fused-ring (bicyclic) bond motifs is 2. The number of halogens is 4. The van der Waals surface area contributed by atoms with Gasteiger partial charge >= 0.3 is 6.18 Å². The molecule has 8 nitrogen and oxygen atoms in total. The van der Waals surface area contributed by atoms with Crippen LogP contribution in [0.1, 0.15) is 62.5 Å². The monoisotopic (exact) mass is 488 g/mol. The lowest BCUT2D eigenvalue weighted by Crippen LogP contribution is -2.46. The van der Waals surface area contributed by atoms with E-state index in [2.05, 4.69) is 21.0 Å². The summed E-state index contributed by atoms with van der Waals surface area (Å²) in [5, 5.41) is 6.85. The van der Waals surface area contributed by atoms with Gasteiger partial charge in [0.1, 0.15) is 5.82 Å². The van der Waals surface area contributed by atoms with E-state index in [1.54, 1.807) is 18.2 Å². The van der Waals surface area contributed by atoms with Crippen LogP contribution in [0.5, 0.6) is 0 Å². The SMILES string of the molecule is CC1CN(C(=O)c2cc(CC3NNC(=O)c4ccccc43)ccc2F)Cc2nnc(C(F)(F)F)n21. The molecule has 2 amide bonds. The van der Waals surface area contributed by atoms with Crippen molar-refractivity contribution < 1.29 is 27.2 Å². The molecule has 182 valence electrons. The lowest BCUT2D eigenvalue weighted by molar-refractivity contribution is -0.148. The van der Waals surface area contributed by atoms with Crippen molar-refractivity contribution in [1.82, 2.24) is 30.5 Å². The van der Waals surface area contributed by atoms with E-state index in [9.17, 15) is 27.2 Å². The maximum absolute atomic E-state index is 14.7. The van der Waals surface area contributed by atoms with Gasteiger partial charge in [-0.15, -0.1) is 10.2 Å². The Morgan fingerprint density at radius 1 is 1.17 bits per heavy atom. The Morgan fingerprint density at radius 2 is 1.94 bits per heavy atom. The van der Waals surface area contributed by atoms with Gasteiger partial charge in [0.15, 0.2) is 5.82 Å². The highest BCUT2D eigenvalue weighted by Crippen LogP contribution is 2.33. The number of nitrogens with one attached hydrogen (secondary N) is 2. The zero-order valence-electron chi connectivity index (χ0n) is 18.4. The summed E-state index contributed by atoms with van der Waals surface area (Å²) in [5.74, 6) is -2.77. The molecule has 2 atom stereocenters. The summed E-state index contributed by atoms with van der Waals surface area (Å²) >= 11 is 0. The number of aromatic nitrogens is 3. The Bertz CT molecular complexity index is 1320. The van der Waals surface area contributed by atoms with Gasteiger partial charge in [-0.3, -0.25) is 15.0 Å². The highest BCUT2D eigenvalue weighted by atomic mass is 19.4. The fourth-order valence-electron chi connectivity index (χ4n) is 4.61. The minimum absolute atomic E-state index is 0.0141. The molecule has 2 aromatic carbocycles. The van der Waals surface area contributed by atoms with Gasteiger partial charge in [-0.05, 0) is 42.7 Å². The van der Waals surface area contributed by atoms with Crippen molar-refractivity contribution in [3.63, 3.8) is 0 Å². The highest BCUT2D eigenvalue weighted by Gasteiger charge is 2.42. The van der Waals surface area contributed by atoms with Gasteiger partial charge in [-0.1, -0.05) is 24.3 Å². The van der Waals surface area contributed by atoms with E-state index >= 15 is 0 Å². The molecule has 1 aromatic heterocycles. The lowest BCUT2D eigenvalue weighted by Gasteiger charge is -2.33. The molecule has 0 bridgehead atoms. The third-order valence-electron chi connectivity index (χ3n) is 6.21. The molecule has 0 spiro atoms. The Kier molecular flexibility index (Phi) is 5.55. The second-order valence-corrected chi connectivity index (χ2v) is 8.60. The fourth-order valence-corrected chi connectivity index (χ4v) is 4.61. The highest BCUT2D eigenvalue weighted by molar-refractivity contribution is 5.96. The number of carbonyl (C=O) groups excluding carboxylic acids is 2. The zero-order valence-corrected chi connectivity index (χ0v) is 18.4. The number of rotatable bonds is 3. The van der Waals surface area contributed by atoms with Crippen molar-refractivity contribution >= 4 is 11.8 Å². The third-order valence-corrected chi connectivity index (χ3v) is 6.21. The van der Waals surface area contributed by atoms with Crippen LogP contribution >= 0.6 is 0 Å². The maximum atomic E-state index is 14.7. The van der Waals surface area contributed by atoms with Crippen molar-refractivity contribution in [2.75, 3.05) is 6.54 Å². The predicted octanol–water partition coefficient (Wildman–Crippen LogP) is 3.18. The molecule has 35 heavy (non-hydrogen) atoms. The minimum Gasteiger partial charge on any atom is -0.329 e. The normalized spacial score (nSPS) is 19.7. The summed E-state index contributed by atoms with van der Waals surface area (Å²) in [6.07, 6.45) is -4.31. The van der Waals surface area contributed by atoms with E-state index in [0.29, 0.717) is 17.5 Å². The summed E-state index contributed by atoms with van der Waals surface area (Å²) in [6.45, 7) is 1.24. The van der Waals surface area contributed by atoms with Gasteiger partial charge in [0.2, 0.25) is 5.82 Å². The van der Waals surface area contributed by atoms with Gasteiger partial charge in [0, 0.05) is 12.1 Å². The summed E-state index contributed by atoms with van der Waals surface area (Å²) < 4.78 is 55.3. The molecule has 0 fully saturated rings. The van der Waals surface area contributed by atoms with Gasteiger partial charge in [-0.25, -0.2) is 9.82 Å². The number of nitrogens with zero attached hydrogens (tertiary/aromatic N) is 4. The van der Waals surface area contributed by atoms with Gasteiger partial charge in [0.25, 0.3) is 11.8 Å². The van der Waals surface area contributed by atoms with Crippen LogP contribution in [0.4, 0.5) is 17.6 Å². The Labute approximate surface area is 196 Å². The number of hydrazine groups is 1. The van der Waals surface area contributed by atoms with E-state index in [1.165, 1.54) is 24.0 Å². The van der Waals surface area contributed by atoms with Gasteiger partial charge in [-0.2, -0.15) is 13.2 Å². The van der Waals surface area contributed by atoms with Crippen molar-refractivity contribution in [2.45, 2.75) is 38.1 Å². The van der Waals surface area contributed by atoms with Crippen LogP contribution in [0.15, 0.2) is 42.5 Å². The average molecular weight is 488 g/mol. The topological polar surface area (TPSA) is 92.2 Å². The molecule has 0 saturated heterocycles. The Morgan fingerprint density at radius 3 is 2.71 bits per heavy atom. The zero-order chi connectivity index (χ0) is 24.9. The van der Waals surface area contributed by atoms with Crippen LogP contribution < -0.4 is 10.9 Å². The van der Waals surface area contributed by atoms with E-state index in [0.717, 1.165) is 10.1 Å². The van der Waals surface area contributed by atoms with Gasteiger partial charge < -0.3 is 9.47 Å². The van der Waals surface area contributed by atoms with E-state index < -0.39 is 29.8 Å². The molecule has 2 unspecified atom stereocenters. The number of benzene rings is 2. The van der Waals surface area contributed by atoms with Crippen LogP contribution in [0.25, 0.3) is 0 Å². The first kappa shape index (κ1) is 23.0. The third kappa shape index (κ3) is 4.14. The number of carbonyl (C=O) groups is 2. The van der Waals surface area contributed by atoms with E-state index in [1.807, 2.05) is 12.1 Å². The smallest absolute Gasteiger partial charge is 0.329 e. The quantitative estimate of drug-likeness (QED) is 0.553. The second-order valence-electron chi connectivity index (χ2n) is 8.60. The van der Waals surface area contributed by atoms with Crippen LogP contribution in [0.2, 0.25) is 0 Å². The van der Waals surface area contributed by atoms with Crippen LogP contribution in [-0.2, 0) is 19.1 Å². The largest absolute Gasteiger partial charge is 0.451 e. The number of hydrogen-bond donors (Lipinski definition) is 2. The summed E-state index contributed by atoms with van der Waals surface area (Å²) in [5.41, 5.74) is 7.29. The molecular formula is C23H20F4N6O2. The molecule has 0 saturated carbocycles. The summed E-state index contributed by atoms with van der Waals surface area (Å²) in [7, 11) is 0. The standard InChI is InChI=1S/C23H20F4N6O2/c1-12-10-32(11-19-29-31-22(33(12)19)23(25,26)27)21(35)16-8-13(6-7-17(16)24)9-18-14-4-2-3-5-15(14)20(34)30-28-18/h2-8,12,18,28H,9-11H2,1H3,(H,30,34). The molecule has 3 heterocycles. The van der Waals surface area contributed by atoms with Crippen molar-refractivity contribution in [1.29, 1.82) is 0 Å².